The first kappa shape index (κ1) is 15.8. The summed E-state index contributed by atoms with van der Waals surface area (Å²) in [5, 5.41) is 0.651. The van der Waals surface area contributed by atoms with Gasteiger partial charge >= 0.3 is 0 Å². The highest BCUT2D eigenvalue weighted by molar-refractivity contribution is 6.37. The fourth-order valence-corrected chi connectivity index (χ4v) is 2.38. The molecular weight excluding hydrogens is 311 g/mol. The van der Waals surface area contributed by atoms with Gasteiger partial charge in [0.15, 0.2) is 5.78 Å². The van der Waals surface area contributed by atoms with Crippen molar-refractivity contribution in [1.29, 1.82) is 0 Å². The molecule has 0 aliphatic heterocycles. The molecule has 0 aliphatic rings. The zero-order valence-electron chi connectivity index (χ0n) is 11.4. The number of ether oxygens (including phenoxy) is 2. The van der Waals surface area contributed by atoms with Crippen LogP contribution in [-0.4, -0.2) is 19.5 Å². The molecule has 3 nitrogen and oxygen atoms in total. The van der Waals surface area contributed by atoms with Gasteiger partial charge in [-0.05, 0) is 17.7 Å². The molecule has 0 saturated heterocycles. The topological polar surface area (TPSA) is 35.5 Å². The number of Topliss-reactive ketones (excluding diaryl/α,β-unsaturated/α-hetero) is 1. The van der Waals surface area contributed by atoms with Crippen molar-refractivity contribution >= 4 is 29.0 Å². The number of rotatable bonds is 6. The van der Waals surface area contributed by atoms with Crippen molar-refractivity contribution in [3.8, 4) is 5.75 Å². The molecule has 0 unspecified atom stereocenters. The van der Waals surface area contributed by atoms with E-state index in [-0.39, 0.29) is 17.4 Å². The van der Waals surface area contributed by atoms with Crippen molar-refractivity contribution in [3.63, 3.8) is 0 Å². The molecule has 0 N–H and O–H groups in total. The average Bonchev–Trinajstić information content (AvgIpc) is 2.48. The largest absolute Gasteiger partial charge is 0.495 e. The predicted octanol–water partition coefficient (Wildman–Crippen LogP) is 4.40. The lowest BCUT2D eigenvalue weighted by Gasteiger charge is -2.09. The van der Waals surface area contributed by atoms with Crippen LogP contribution in [0.3, 0.4) is 0 Å². The van der Waals surface area contributed by atoms with Gasteiger partial charge in [0.25, 0.3) is 0 Å². The third-order valence-electron chi connectivity index (χ3n) is 2.89. The van der Waals surface area contributed by atoms with Gasteiger partial charge in [-0.25, -0.2) is 0 Å². The lowest BCUT2D eigenvalue weighted by atomic mass is 10.1. The minimum absolute atomic E-state index is 0.0561. The van der Waals surface area contributed by atoms with E-state index in [1.807, 2.05) is 30.3 Å². The van der Waals surface area contributed by atoms with Gasteiger partial charge in [0, 0.05) is 5.56 Å². The van der Waals surface area contributed by atoms with Crippen molar-refractivity contribution in [3.05, 3.63) is 63.6 Å². The Hall–Kier alpha value is -1.55. The number of methoxy groups -OCH3 is 1. The fraction of sp³-hybridized carbons (Fsp3) is 0.188. The Morgan fingerprint density at radius 2 is 1.81 bits per heavy atom. The summed E-state index contributed by atoms with van der Waals surface area (Å²) in [5.74, 6) is 0.193. The first-order valence-electron chi connectivity index (χ1n) is 6.29. The third kappa shape index (κ3) is 4.21. The second kappa shape index (κ2) is 7.46. The molecule has 0 aliphatic carbocycles. The highest BCUT2D eigenvalue weighted by atomic mass is 35.5. The Kier molecular flexibility index (Phi) is 5.62. The van der Waals surface area contributed by atoms with Crippen molar-refractivity contribution in [2.24, 2.45) is 0 Å². The van der Waals surface area contributed by atoms with E-state index in [1.54, 1.807) is 0 Å². The van der Waals surface area contributed by atoms with Gasteiger partial charge < -0.3 is 9.47 Å². The summed E-state index contributed by atoms with van der Waals surface area (Å²) in [6.07, 6.45) is 0. The van der Waals surface area contributed by atoms with Crippen LogP contribution in [0.2, 0.25) is 10.0 Å². The summed E-state index contributed by atoms with van der Waals surface area (Å²) in [5.41, 5.74) is 1.34. The van der Waals surface area contributed by atoms with Gasteiger partial charge in [-0.3, -0.25) is 4.79 Å². The number of carbonyl (C=O) groups is 1. The standard InChI is InChI=1S/C16H14Cl2O3/c1-20-16-7-12(13(17)8-14(16)18)15(19)10-21-9-11-5-3-2-4-6-11/h2-8H,9-10H2,1H3. The number of hydrogen-bond acceptors (Lipinski definition) is 3. The molecule has 0 spiro atoms. The normalized spacial score (nSPS) is 10.4. The van der Waals surface area contributed by atoms with Crippen LogP contribution in [0.1, 0.15) is 15.9 Å². The summed E-state index contributed by atoms with van der Waals surface area (Å²) >= 11 is 12.0. The second-order valence-electron chi connectivity index (χ2n) is 4.37. The molecular formula is C16H14Cl2O3. The fourth-order valence-electron chi connectivity index (χ4n) is 1.81. The summed E-state index contributed by atoms with van der Waals surface area (Å²) in [7, 11) is 1.48. The predicted molar refractivity (Wildman–Crippen MR) is 83.4 cm³/mol. The van der Waals surface area contributed by atoms with Crippen LogP contribution < -0.4 is 4.74 Å². The van der Waals surface area contributed by atoms with E-state index >= 15 is 0 Å². The van der Waals surface area contributed by atoms with Crippen LogP contribution >= 0.6 is 23.2 Å². The van der Waals surface area contributed by atoms with E-state index in [4.69, 9.17) is 32.7 Å². The first-order chi connectivity index (χ1) is 10.1. The summed E-state index contributed by atoms with van der Waals surface area (Å²) in [6.45, 7) is 0.314. The number of halogens is 2. The third-order valence-corrected chi connectivity index (χ3v) is 3.49. The van der Waals surface area contributed by atoms with Gasteiger partial charge in [0.1, 0.15) is 12.4 Å². The molecule has 110 valence electrons. The van der Waals surface area contributed by atoms with Crippen LogP contribution in [0.15, 0.2) is 42.5 Å². The Bertz CT molecular complexity index is 627. The first-order valence-corrected chi connectivity index (χ1v) is 7.05. The Morgan fingerprint density at radius 3 is 2.48 bits per heavy atom. The van der Waals surface area contributed by atoms with E-state index in [0.29, 0.717) is 22.9 Å². The molecule has 0 radical (unpaired) electrons. The van der Waals surface area contributed by atoms with Crippen LogP contribution in [-0.2, 0) is 11.3 Å². The van der Waals surface area contributed by atoms with E-state index in [1.165, 1.54) is 19.2 Å². The number of hydrogen-bond donors (Lipinski definition) is 0. The Labute approximate surface area is 133 Å². The Balaban J connectivity index is 2.00. The molecule has 5 heteroatoms. The SMILES string of the molecule is COc1cc(C(=O)COCc2ccccc2)c(Cl)cc1Cl. The quantitative estimate of drug-likeness (QED) is 0.739. The molecule has 0 bridgehead atoms. The summed E-state index contributed by atoms with van der Waals surface area (Å²) in [6, 6.07) is 12.6. The zero-order valence-corrected chi connectivity index (χ0v) is 12.9. The molecule has 0 saturated carbocycles. The van der Waals surface area contributed by atoms with Crippen molar-refractivity contribution in [2.45, 2.75) is 6.61 Å². The van der Waals surface area contributed by atoms with E-state index < -0.39 is 0 Å². The van der Waals surface area contributed by atoms with Gasteiger partial charge in [0.2, 0.25) is 0 Å². The number of ketones is 1. The maximum atomic E-state index is 12.1. The van der Waals surface area contributed by atoms with Crippen LogP contribution in [0.5, 0.6) is 5.75 Å². The van der Waals surface area contributed by atoms with E-state index in [2.05, 4.69) is 0 Å². The van der Waals surface area contributed by atoms with Crippen molar-refractivity contribution in [1.82, 2.24) is 0 Å². The van der Waals surface area contributed by atoms with Crippen LogP contribution in [0, 0.1) is 0 Å². The van der Waals surface area contributed by atoms with E-state index in [9.17, 15) is 4.79 Å². The van der Waals surface area contributed by atoms with Gasteiger partial charge in [-0.15, -0.1) is 0 Å². The molecule has 21 heavy (non-hydrogen) atoms. The molecule has 0 heterocycles. The van der Waals surface area contributed by atoms with Crippen molar-refractivity contribution < 1.29 is 14.3 Å². The molecule has 2 aromatic rings. The van der Waals surface area contributed by atoms with Crippen molar-refractivity contribution in [2.75, 3.05) is 13.7 Å². The number of carbonyl (C=O) groups excluding carboxylic acids is 1. The maximum Gasteiger partial charge on any atom is 0.190 e. The monoisotopic (exact) mass is 324 g/mol. The van der Waals surface area contributed by atoms with Crippen LogP contribution in [0.4, 0.5) is 0 Å². The van der Waals surface area contributed by atoms with Gasteiger partial charge in [0.05, 0.1) is 23.8 Å². The minimum Gasteiger partial charge on any atom is -0.495 e. The smallest absolute Gasteiger partial charge is 0.190 e. The van der Waals surface area contributed by atoms with Crippen LogP contribution in [0.25, 0.3) is 0 Å². The van der Waals surface area contributed by atoms with Gasteiger partial charge in [-0.1, -0.05) is 53.5 Å². The molecule has 2 aromatic carbocycles. The molecule has 0 atom stereocenters. The molecule has 0 fully saturated rings. The molecule has 2 rings (SSSR count). The lowest BCUT2D eigenvalue weighted by molar-refractivity contribution is 0.0726. The van der Waals surface area contributed by atoms with E-state index in [0.717, 1.165) is 5.56 Å². The van der Waals surface area contributed by atoms with Gasteiger partial charge in [-0.2, -0.15) is 0 Å². The summed E-state index contributed by atoms with van der Waals surface area (Å²) in [4.78, 5) is 12.1. The zero-order chi connectivity index (χ0) is 15.2. The maximum absolute atomic E-state index is 12.1. The second-order valence-corrected chi connectivity index (χ2v) is 5.18. The molecule has 0 amide bonds. The minimum atomic E-state index is -0.217. The lowest BCUT2D eigenvalue weighted by Crippen LogP contribution is -2.10. The number of benzene rings is 2. The Morgan fingerprint density at radius 1 is 1.10 bits per heavy atom. The highest BCUT2D eigenvalue weighted by Gasteiger charge is 2.14. The average molecular weight is 325 g/mol. The molecule has 0 aromatic heterocycles. The highest BCUT2D eigenvalue weighted by Crippen LogP contribution is 2.31. The summed E-state index contributed by atoms with van der Waals surface area (Å²) < 4.78 is 10.5.